The van der Waals surface area contributed by atoms with Crippen LogP contribution in [-0.4, -0.2) is 4.98 Å². The number of pyridine rings is 1. The Bertz CT molecular complexity index is 447. The third kappa shape index (κ3) is 1.02. The highest BCUT2D eigenvalue weighted by molar-refractivity contribution is 5.42. The zero-order chi connectivity index (χ0) is 13.6. The molecule has 1 aromatic rings. The monoisotopic (exact) mass is 130 g/mol. The fourth-order valence-corrected chi connectivity index (χ4v) is 0.391. The second-order valence-corrected chi connectivity index (χ2v) is 1.48. The molecule has 2 nitrogen and oxygen atoms in total. The third-order valence-electron chi connectivity index (χ3n) is 0.863. The second kappa shape index (κ2) is 2.05. The molecule has 9 heavy (non-hydrogen) atoms. The first-order valence-electron chi connectivity index (χ1n) is 6.24. The Hall–Kier alpha value is -1.05. The van der Waals surface area contributed by atoms with E-state index >= 15 is 0 Å². The van der Waals surface area contributed by atoms with Crippen molar-refractivity contribution in [1.82, 2.24) is 4.98 Å². The maximum atomic E-state index is 7.45. The van der Waals surface area contributed by atoms with Crippen LogP contribution in [0.3, 0.4) is 0 Å². The topological polar surface area (TPSA) is 38.9 Å². The highest BCUT2D eigenvalue weighted by Gasteiger charge is 1.94. The average Bonchev–Trinajstić information content (AvgIpc) is 2.06. The summed E-state index contributed by atoms with van der Waals surface area (Å²) in [6.45, 7) is -5.61. The molecule has 48 valence electrons. The highest BCUT2D eigenvalue weighted by Crippen LogP contribution is 2.09. The number of nitrogens with two attached hydrogens (primary N) is 1. The number of rotatable bonds is 0. The van der Waals surface area contributed by atoms with Gasteiger partial charge in [0.05, 0.1) is 2.74 Å². The zero-order valence-electron chi connectivity index (χ0n) is 12.5. The van der Waals surface area contributed by atoms with Gasteiger partial charge < -0.3 is 5.73 Å². The van der Waals surface area contributed by atoms with Gasteiger partial charge in [-0.15, -0.1) is 0 Å². The minimum Gasteiger partial charge on any atom is -0.383 e. The lowest BCUT2D eigenvalue weighted by Gasteiger charge is -1.99. The van der Waals surface area contributed by atoms with Gasteiger partial charge in [-0.1, -0.05) is 0 Å². The molecule has 1 heterocycles. The average molecular weight is 130 g/mol. The van der Waals surface area contributed by atoms with Crippen LogP contribution >= 0.6 is 0 Å². The SMILES string of the molecule is [2H]c1nc(N)c(C([2H])([2H])[2H])c(C([2H])([2H])[2H])c1[2H]. The molecular formula is C7H10N2. The number of anilines is 1. The molecule has 0 radical (unpaired) electrons. The van der Waals surface area contributed by atoms with Gasteiger partial charge >= 0.3 is 0 Å². The molecule has 0 amide bonds. The van der Waals surface area contributed by atoms with Gasteiger partial charge in [0.2, 0.25) is 0 Å². The van der Waals surface area contributed by atoms with Crippen molar-refractivity contribution in [1.29, 1.82) is 0 Å². The molecule has 0 aliphatic heterocycles. The first-order valence-corrected chi connectivity index (χ1v) is 2.24. The van der Waals surface area contributed by atoms with Crippen LogP contribution < -0.4 is 5.73 Å². The van der Waals surface area contributed by atoms with Gasteiger partial charge in [0.1, 0.15) is 5.82 Å². The van der Waals surface area contributed by atoms with E-state index in [1.807, 2.05) is 0 Å². The quantitative estimate of drug-likeness (QED) is 0.574. The highest BCUT2D eigenvalue weighted by atomic mass is 14.8. The maximum absolute atomic E-state index is 7.45. The van der Waals surface area contributed by atoms with E-state index in [0.717, 1.165) is 0 Å². The van der Waals surface area contributed by atoms with Crippen LogP contribution in [0.5, 0.6) is 0 Å². The van der Waals surface area contributed by atoms with E-state index in [9.17, 15) is 0 Å². The zero-order valence-corrected chi connectivity index (χ0v) is 4.52. The molecule has 0 spiro atoms. The summed E-state index contributed by atoms with van der Waals surface area (Å²) in [6, 6.07) is -0.731. The van der Waals surface area contributed by atoms with E-state index in [0.29, 0.717) is 0 Å². The van der Waals surface area contributed by atoms with Crippen molar-refractivity contribution < 1.29 is 11.0 Å². The molecule has 0 aliphatic rings. The van der Waals surface area contributed by atoms with E-state index in [-0.39, 0.29) is 0 Å². The second-order valence-electron chi connectivity index (χ2n) is 1.48. The number of aromatic nitrogens is 1. The summed E-state index contributed by atoms with van der Waals surface area (Å²) < 4.78 is 58.1. The van der Waals surface area contributed by atoms with E-state index in [4.69, 9.17) is 16.7 Å². The van der Waals surface area contributed by atoms with E-state index < -0.39 is 42.9 Å². The number of nitrogens with zero attached hydrogens (tertiary/aromatic N) is 1. The van der Waals surface area contributed by atoms with Gasteiger partial charge in [-0.2, -0.15) is 0 Å². The van der Waals surface area contributed by atoms with Crippen LogP contribution in [0.2, 0.25) is 0 Å². The minimum absolute atomic E-state index is 0.544. The van der Waals surface area contributed by atoms with Crippen molar-refractivity contribution in [2.45, 2.75) is 13.7 Å². The number of hydrogen-bond acceptors (Lipinski definition) is 2. The van der Waals surface area contributed by atoms with Crippen LogP contribution in [0.4, 0.5) is 5.82 Å². The lowest BCUT2D eigenvalue weighted by molar-refractivity contribution is 1.23. The molecule has 0 unspecified atom stereocenters. The molecule has 0 saturated heterocycles. The summed E-state index contributed by atoms with van der Waals surface area (Å²) in [4.78, 5) is 3.36. The van der Waals surface area contributed by atoms with Gasteiger partial charge in [0.25, 0.3) is 0 Å². The molecule has 1 rings (SSSR count). The summed E-state index contributed by atoms with van der Waals surface area (Å²) >= 11 is 0. The maximum Gasteiger partial charge on any atom is 0.126 e. The Kier molecular flexibility index (Phi) is 0.344. The Morgan fingerprint density at radius 3 is 3.33 bits per heavy atom. The fourth-order valence-electron chi connectivity index (χ4n) is 0.391. The van der Waals surface area contributed by atoms with E-state index in [1.165, 1.54) is 0 Å². The molecule has 0 saturated carbocycles. The minimum atomic E-state index is -2.83. The predicted molar refractivity (Wildman–Crippen MR) is 38.1 cm³/mol. The summed E-state index contributed by atoms with van der Waals surface area (Å²) in [5, 5.41) is 0. The summed E-state index contributed by atoms with van der Waals surface area (Å²) in [5.74, 6) is -0.544. The lowest BCUT2D eigenvalue weighted by Crippen LogP contribution is -1.94. The molecule has 0 aromatic carbocycles. The van der Waals surface area contributed by atoms with Gasteiger partial charge in [0, 0.05) is 14.4 Å². The molecule has 0 bridgehead atoms. The van der Waals surface area contributed by atoms with Crippen LogP contribution in [0.25, 0.3) is 0 Å². The van der Waals surface area contributed by atoms with Gasteiger partial charge in [-0.3, -0.25) is 0 Å². The Balaban J connectivity index is 3.76. The summed E-state index contributed by atoms with van der Waals surface area (Å²) in [6.07, 6.45) is -0.651. The first-order chi connectivity index (χ1) is 7.46. The molecular weight excluding hydrogens is 112 g/mol. The van der Waals surface area contributed by atoms with Crippen LogP contribution in [-0.2, 0) is 0 Å². The standard InChI is InChI=1S/C7H10N2/c1-5-3-4-9-7(8)6(5)2/h3-4H,1-2H3,(H2,8,9)/i1D3,2D3,3D,4D. The molecule has 2 heteroatoms. The molecule has 0 atom stereocenters. The van der Waals surface area contributed by atoms with Crippen molar-refractivity contribution in [3.63, 3.8) is 0 Å². The van der Waals surface area contributed by atoms with Crippen LogP contribution in [0.15, 0.2) is 12.2 Å². The molecule has 2 N–H and O–H groups in total. The van der Waals surface area contributed by atoms with Crippen molar-refractivity contribution in [2.75, 3.05) is 5.73 Å². The van der Waals surface area contributed by atoms with Gasteiger partial charge in [-0.25, -0.2) is 4.98 Å². The van der Waals surface area contributed by atoms with Crippen LogP contribution in [0.1, 0.15) is 22.1 Å². The normalized spacial score (nSPS) is 25.3. The van der Waals surface area contributed by atoms with Crippen LogP contribution in [0, 0.1) is 13.7 Å². The summed E-state index contributed by atoms with van der Waals surface area (Å²) in [7, 11) is 0. The smallest absolute Gasteiger partial charge is 0.126 e. The molecule has 0 aliphatic carbocycles. The largest absolute Gasteiger partial charge is 0.383 e. The molecule has 1 aromatic heterocycles. The first kappa shape index (κ1) is 1.51. The van der Waals surface area contributed by atoms with E-state index in [2.05, 4.69) is 4.98 Å². The Morgan fingerprint density at radius 1 is 1.78 bits per heavy atom. The van der Waals surface area contributed by atoms with Crippen molar-refractivity contribution in [3.05, 3.63) is 23.3 Å². The fraction of sp³-hybridized carbons (Fsp3) is 0.286. The Morgan fingerprint density at radius 2 is 2.67 bits per heavy atom. The lowest BCUT2D eigenvalue weighted by atomic mass is 10.2. The molecule has 0 fully saturated rings. The van der Waals surface area contributed by atoms with Crippen molar-refractivity contribution in [3.8, 4) is 0 Å². The van der Waals surface area contributed by atoms with Crippen molar-refractivity contribution in [2.24, 2.45) is 0 Å². The Labute approximate surface area is 66.0 Å². The van der Waals surface area contributed by atoms with Gasteiger partial charge in [0.15, 0.2) is 0 Å². The predicted octanol–water partition coefficient (Wildman–Crippen LogP) is 1.28. The van der Waals surface area contributed by atoms with Gasteiger partial charge in [-0.05, 0) is 30.9 Å². The number of nitrogen functional groups attached to an aromatic ring is 1. The van der Waals surface area contributed by atoms with Crippen molar-refractivity contribution >= 4 is 5.82 Å². The number of hydrogen-bond donors (Lipinski definition) is 1. The third-order valence-corrected chi connectivity index (χ3v) is 0.863. The van der Waals surface area contributed by atoms with E-state index in [1.54, 1.807) is 0 Å². The summed E-state index contributed by atoms with van der Waals surface area (Å²) in [5.41, 5.74) is 3.95.